The molecule has 0 aliphatic rings. The highest BCUT2D eigenvalue weighted by Gasteiger charge is 2.17. The van der Waals surface area contributed by atoms with Gasteiger partial charge in [0.05, 0.1) is 11.0 Å². The average molecular weight is 717 g/mol. The molecule has 8 aromatic carbocycles. The maximum Gasteiger partial charge on any atom is 0.164 e. The van der Waals surface area contributed by atoms with E-state index in [2.05, 4.69) is 156 Å². The average Bonchev–Trinajstić information content (AvgIpc) is 3.81. The Morgan fingerprint density at radius 1 is 0.304 bits per heavy atom. The molecule has 0 unspecified atom stereocenters. The number of furan rings is 1. The summed E-state index contributed by atoms with van der Waals surface area (Å²) in [6.45, 7) is 0. The van der Waals surface area contributed by atoms with Gasteiger partial charge in [-0.3, -0.25) is 0 Å². The topological polar surface area (TPSA) is 56.7 Å². The predicted octanol–water partition coefficient (Wildman–Crippen LogP) is 13.2. The number of nitrogens with zero attached hydrogens (tertiary/aromatic N) is 4. The van der Waals surface area contributed by atoms with Crippen molar-refractivity contribution in [1.82, 2.24) is 19.5 Å². The number of rotatable bonds is 6. The fourth-order valence-corrected chi connectivity index (χ4v) is 7.89. The van der Waals surface area contributed by atoms with Crippen molar-refractivity contribution < 1.29 is 4.42 Å². The summed E-state index contributed by atoms with van der Waals surface area (Å²) in [5.74, 6) is 1.83. The molecule has 0 aliphatic heterocycles. The van der Waals surface area contributed by atoms with Gasteiger partial charge in [-0.05, 0) is 70.8 Å². The summed E-state index contributed by atoms with van der Waals surface area (Å²) in [6, 6.07) is 67.5. The molecule has 0 radical (unpaired) electrons. The summed E-state index contributed by atoms with van der Waals surface area (Å²) >= 11 is 0. The van der Waals surface area contributed by atoms with Crippen LogP contribution in [0, 0.1) is 0 Å². The van der Waals surface area contributed by atoms with Crippen LogP contribution in [0.1, 0.15) is 0 Å². The fourth-order valence-electron chi connectivity index (χ4n) is 7.89. The first kappa shape index (κ1) is 31.9. The van der Waals surface area contributed by atoms with Crippen LogP contribution in [0.5, 0.6) is 0 Å². The molecule has 0 atom stereocenters. The van der Waals surface area contributed by atoms with Gasteiger partial charge in [0.25, 0.3) is 0 Å². The van der Waals surface area contributed by atoms with Gasteiger partial charge in [-0.2, -0.15) is 0 Å². The van der Waals surface area contributed by atoms with Gasteiger partial charge in [0.2, 0.25) is 0 Å². The normalized spacial score (nSPS) is 11.6. The van der Waals surface area contributed by atoms with Crippen LogP contribution in [0.2, 0.25) is 0 Å². The van der Waals surface area contributed by atoms with Gasteiger partial charge in [0, 0.05) is 43.9 Å². The zero-order valence-electron chi connectivity index (χ0n) is 30.2. The lowest BCUT2D eigenvalue weighted by Gasteiger charge is -2.09. The lowest BCUT2D eigenvalue weighted by atomic mass is 10.0. The van der Waals surface area contributed by atoms with Gasteiger partial charge in [0.15, 0.2) is 17.5 Å². The minimum Gasteiger partial charge on any atom is -0.456 e. The van der Waals surface area contributed by atoms with Crippen molar-refractivity contribution in [3.63, 3.8) is 0 Å². The summed E-state index contributed by atoms with van der Waals surface area (Å²) < 4.78 is 8.86. The zero-order valence-corrected chi connectivity index (χ0v) is 30.2. The third kappa shape index (κ3) is 5.45. The summed E-state index contributed by atoms with van der Waals surface area (Å²) in [5, 5.41) is 4.58. The van der Waals surface area contributed by atoms with Crippen molar-refractivity contribution in [3.8, 4) is 62.1 Å². The summed E-state index contributed by atoms with van der Waals surface area (Å²) in [4.78, 5) is 14.9. The maximum absolute atomic E-state index is 6.50. The molecule has 0 aliphatic carbocycles. The van der Waals surface area contributed by atoms with Crippen LogP contribution >= 0.6 is 0 Å². The van der Waals surface area contributed by atoms with Crippen LogP contribution in [-0.4, -0.2) is 19.5 Å². The molecular weight excluding hydrogens is 685 g/mol. The van der Waals surface area contributed by atoms with Crippen LogP contribution in [-0.2, 0) is 0 Å². The first-order valence-corrected chi connectivity index (χ1v) is 18.8. The molecule has 262 valence electrons. The molecular formula is C51H32N4O. The van der Waals surface area contributed by atoms with Crippen LogP contribution in [0.3, 0.4) is 0 Å². The first-order valence-electron chi connectivity index (χ1n) is 18.8. The molecule has 3 heterocycles. The Kier molecular flexibility index (Phi) is 7.42. The van der Waals surface area contributed by atoms with Gasteiger partial charge in [-0.25, -0.2) is 15.0 Å². The number of benzene rings is 8. The predicted molar refractivity (Wildman–Crippen MR) is 229 cm³/mol. The minimum atomic E-state index is 0.589. The molecule has 0 amide bonds. The summed E-state index contributed by atoms with van der Waals surface area (Å²) in [6.07, 6.45) is 0. The number of hydrogen-bond donors (Lipinski definition) is 0. The second-order valence-electron chi connectivity index (χ2n) is 14.1. The third-order valence-electron chi connectivity index (χ3n) is 10.7. The van der Waals surface area contributed by atoms with E-state index in [1.54, 1.807) is 0 Å². The van der Waals surface area contributed by atoms with Crippen LogP contribution in [0.25, 0.3) is 106 Å². The van der Waals surface area contributed by atoms with Crippen molar-refractivity contribution >= 4 is 43.7 Å². The standard InChI is InChI=1S/C51H32N4O/c1-4-12-33(13-5-1)34-20-22-36(23-21-34)50-52-49(35-14-6-2-7-15-35)53-51(54-50)39-25-28-43-44-30-37(26-29-47(44)56-48(43)32-39)38-24-27-42-41-18-10-11-19-45(41)55(46(42)31-38)40-16-8-3-9-17-40/h1-32H. The third-order valence-corrected chi connectivity index (χ3v) is 10.7. The first-order chi connectivity index (χ1) is 27.7. The monoisotopic (exact) mass is 716 g/mol. The van der Waals surface area contributed by atoms with Crippen molar-refractivity contribution in [2.24, 2.45) is 0 Å². The summed E-state index contributed by atoms with van der Waals surface area (Å²) in [5.41, 5.74) is 12.4. The van der Waals surface area contributed by atoms with Crippen LogP contribution in [0.4, 0.5) is 0 Å². The van der Waals surface area contributed by atoms with Gasteiger partial charge in [0.1, 0.15) is 11.2 Å². The van der Waals surface area contributed by atoms with Gasteiger partial charge in [-0.15, -0.1) is 0 Å². The number of hydrogen-bond acceptors (Lipinski definition) is 4. The van der Waals surface area contributed by atoms with Gasteiger partial charge < -0.3 is 8.98 Å². The SMILES string of the molecule is c1ccc(-c2ccc(-c3nc(-c4ccccc4)nc(-c4ccc5c(c4)oc4ccc(-c6ccc7c8ccccc8n(-c8ccccc8)c7c6)cc45)n3)cc2)cc1. The van der Waals surface area contributed by atoms with E-state index in [9.17, 15) is 0 Å². The van der Waals surface area contributed by atoms with Crippen molar-refractivity contribution in [2.75, 3.05) is 0 Å². The Morgan fingerprint density at radius 3 is 1.55 bits per heavy atom. The van der Waals surface area contributed by atoms with Crippen molar-refractivity contribution in [2.45, 2.75) is 0 Å². The molecule has 0 saturated heterocycles. The Balaban J connectivity index is 0.996. The second-order valence-corrected chi connectivity index (χ2v) is 14.1. The highest BCUT2D eigenvalue weighted by molar-refractivity contribution is 6.11. The molecule has 0 saturated carbocycles. The van der Waals surface area contributed by atoms with Crippen LogP contribution in [0.15, 0.2) is 199 Å². The molecule has 3 aromatic heterocycles. The Labute approximate surface area is 322 Å². The summed E-state index contributed by atoms with van der Waals surface area (Å²) in [7, 11) is 0. The van der Waals surface area contributed by atoms with E-state index in [-0.39, 0.29) is 0 Å². The molecule has 0 N–H and O–H groups in total. The molecule has 11 rings (SSSR count). The molecule has 0 spiro atoms. The number of para-hydroxylation sites is 2. The fraction of sp³-hybridized carbons (Fsp3) is 0. The van der Waals surface area contributed by atoms with E-state index in [4.69, 9.17) is 19.4 Å². The molecule has 0 fully saturated rings. The van der Waals surface area contributed by atoms with E-state index in [0.29, 0.717) is 17.5 Å². The molecule has 5 nitrogen and oxygen atoms in total. The van der Waals surface area contributed by atoms with E-state index in [1.807, 2.05) is 42.5 Å². The quantitative estimate of drug-likeness (QED) is 0.172. The van der Waals surface area contributed by atoms with Crippen molar-refractivity contribution in [1.29, 1.82) is 0 Å². The van der Waals surface area contributed by atoms with Crippen LogP contribution < -0.4 is 0 Å². The lowest BCUT2D eigenvalue weighted by molar-refractivity contribution is 0.669. The molecule has 0 bridgehead atoms. The van der Waals surface area contributed by atoms with E-state index < -0.39 is 0 Å². The van der Waals surface area contributed by atoms with E-state index >= 15 is 0 Å². The Morgan fingerprint density at radius 2 is 0.804 bits per heavy atom. The van der Waals surface area contributed by atoms with Crippen molar-refractivity contribution in [3.05, 3.63) is 194 Å². The molecule has 56 heavy (non-hydrogen) atoms. The highest BCUT2D eigenvalue weighted by Crippen LogP contribution is 2.38. The smallest absolute Gasteiger partial charge is 0.164 e. The maximum atomic E-state index is 6.50. The largest absolute Gasteiger partial charge is 0.456 e. The Bertz CT molecular complexity index is 3220. The van der Waals surface area contributed by atoms with E-state index in [0.717, 1.165) is 61.0 Å². The highest BCUT2D eigenvalue weighted by atomic mass is 16.3. The lowest BCUT2D eigenvalue weighted by Crippen LogP contribution is -2.00. The molecule has 5 heteroatoms. The zero-order chi connectivity index (χ0) is 37.0. The molecule has 11 aromatic rings. The van der Waals surface area contributed by atoms with E-state index in [1.165, 1.54) is 27.4 Å². The Hall–Kier alpha value is -7.63. The number of aromatic nitrogens is 4. The van der Waals surface area contributed by atoms with Gasteiger partial charge >= 0.3 is 0 Å². The minimum absolute atomic E-state index is 0.589. The second kappa shape index (κ2) is 13.0. The number of fused-ring (bicyclic) bond motifs is 6. The van der Waals surface area contributed by atoms with Gasteiger partial charge in [-0.1, -0.05) is 146 Å².